The van der Waals surface area contributed by atoms with Crippen LogP contribution in [0.4, 0.5) is 0 Å². The summed E-state index contributed by atoms with van der Waals surface area (Å²) >= 11 is 12.2. The first-order valence-electron chi connectivity index (χ1n) is 5.06. The zero-order valence-electron chi connectivity index (χ0n) is 8.96. The molecule has 0 aliphatic carbocycles. The summed E-state index contributed by atoms with van der Waals surface area (Å²) in [6.07, 6.45) is 0. The maximum atomic E-state index is 4.39. The molecule has 0 amide bonds. The molecule has 2 atom stereocenters. The Balaban J connectivity index is 1.75. The molecule has 2 rings (SSSR count). The fraction of sp³-hybridized carbons (Fsp3) is 0.455. The highest BCUT2D eigenvalue weighted by Gasteiger charge is 2.20. The molecule has 2 unspecified atom stereocenters. The van der Waals surface area contributed by atoms with E-state index in [4.69, 9.17) is 0 Å². The van der Waals surface area contributed by atoms with Crippen LogP contribution >= 0.6 is 59.3 Å². The van der Waals surface area contributed by atoms with E-state index < -0.39 is 0 Å². The summed E-state index contributed by atoms with van der Waals surface area (Å²) in [6.45, 7) is 2.15. The second kappa shape index (κ2) is 6.69. The Morgan fingerprint density at radius 2 is 2.44 bits per heavy atom. The minimum absolute atomic E-state index is 0.498. The van der Waals surface area contributed by atoms with Crippen LogP contribution in [0.3, 0.4) is 0 Å². The van der Waals surface area contributed by atoms with Gasteiger partial charge in [-0.2, -0.15) is 24.4 Å². The third-order valence-corrected chi connectivity index (χ3v) is 7.78. The van der Waals surface area contributed by atoms with E-state index in [1.54, 1.807) is 0 Å². The zero-order chi connectivity index (χ0) is 11.4. The van der Waals surface area contributed by atoms with Gasteiger partial charge in [-0.1, -0.05) is 13.0 Å². The Morgan fingerprint density at radius 3 is 3.12 bits per heavy atom. The van der Waals surface area contributed by atoms with Crippen molar-refractivity contribution in [2.24, 2.45) is 0 Å². The zero-order valence-corrected chi connectivity index (χ0v) is 13.1. The second-order valence-corrected chi connectivity index (χ2v) is 8.95. The lowest BCUT2D eigenvalue weighted by atomic mass is 10.5. The Kier molecular flexibility index (Phi) is 5.55. The van der Waals surface area contributed by atoms with Gasteiger partial charge in [-0.15, -0.1) is 34.9 Å². The number of thiophene rings is 1. The number of thioether (sulfide) groups is 3. The van der Waals surface area contributed by atoms with E-state index in [0.717, 1.165) is 11.5 Å². The minimum atomic E-state index is 0.498. The average molecular weight is 307 g/mol. The van der Waals surface area contributed by atoms with Crippen LogP contribution < -0.4 is 0 Å². The van der Waals surface area contributed by atoms with Crippen LogP contribution in [0.25, 0.3) is 0 Å². The minimum Gasteiger partial charge on any atom is -0.175 e. The van der Waals surface area contributed by atoms with Crippen LogP contribution in [0.5, 0.6) is 0 Å². The van der Waals surface area contributed by atoms with Gasteiger partial charge in [0.05, 0.1) is 4.58 Å². The van der Waals surface area contributed by atoms with Gasteiger partial charge in [-0.25, -0.2) is 0 Å². The number of hydrogen-bond acceptors (Lipinski definition) is 5. The topological polar surface area (TPSA) is 0 Å². The van der Waals surface area contributed by atoms with E-state index >= 15 is 0 Å². The van der Waals surface area contributed by atoms with Crippen molar-refractivity contribution < 1.29 is 0 Å². The molecule has 1 aliphatic rings. The highest BCUT2D eigenvalue weighted by molar-refractivity contribution is 8.23. The van der Waals surface area contributed by atoms with E-state index in [2.05, 4.69) is 42.5 Å². The lowest BCUT2D eigenvalue weighted by molar-refractivity contribution is 1.14. The van der Waals surface area contributed by atoms with Gasteiger partial charge >= 0.3 is 0 Å². The standard InChI is InChI=1S/C11H14S5/c1-8(12)5-13-6-9-7-15-11(16-9)10-3-2-4-14-10/h2-4,7-8,11-12H,5-6H2,1H3. The summed E-state index contributed by atoms with van der Waals surface area (Å²) in [4.78, 5) is 3.00. The fourth-order valence-electron chi connectivity index (χ4n) is 1.28. The molecule has 0 saturated carbocycles. The molecule has 2 heterocycles. The molecule has 0 bridgehead atoms. The molecule has 5 heteroatoms. The molecule has 0 saturated heterocycles. The first-order chi connectivity index (χ1) is 7.75. The fourth-order valence-corrected chi connectivity index (χ4v) is 6.38. The summed E-state index contributed by atoms with van der Waals surface area (Å²) in [5.41, 5.74) is 0. The van der Waals surface area contributed by atoms with Crippen LogP contribution in [0.15, 0.2) is 27.8 Å². The Hall–Kier alpha value is 0.840. The highest BCUT2D eigenvalue weighted by Crippen LogP contribution is 2.52. The van der Waals surface area contributed by atoms with Gasteiger partial charge < -0.3 is 0 Å². The number of rotatable bonds is 5. The predicted molar refractivity (Wildman–Crippen MR) is 86.1 cm³/mol. The normalized spacial score (nSPS) is 22.1. The van der Waals surface area contributed by atoms with Crippen LogP contribution in [-0.4, -0.2) is 16.8 Å². The Morgan fingerprint density at radius 1 is 1.56 bits per heavy atom. The molecular formula is C11H14S5. The second-order valence-electron chi connectivity index (χ2n) is 3.55. The molecule has 0 spiro atoms. The first kappa shape index (κ1) is 13.3. The molecule has 1 aromatic rings. The predicted octanol–water partition coefficient (Wildman–Crippen LogP) is 5.12. The highest BCUT2D eigenvalue weighted by atomic mass is 32.2. The summed E-state index contributed by atoms with van der Waals surface area (Å²) in [6, 6.07) is 4.37. The summed E-state index contributed by atoms with van der Waals surface area (Å²) in [7, 11) is 0. The molecule has 0 nitrogen and oxygen atoms in total. The van der Waals surface area contributed by atoms with Crippen molar-refractivity contribution in [3.05, 3.63) is 32.7 Å². The van der Waals surface area contributed by atoms with Crippen LogP contribution in [0, 0.1) is 0 Å². The van der Waals surface area contributed by atoms with Crippen molar-refractivity contribution in [2.75, 3.05) is 11.5 Å². The van der Waals surface area contributed by atoms with E-state index in [1.165, 1.54) is 9.78 Å². The maximum absolute atomic E-state index is 4.39. The molecule has 0 fully saturated rings. The molecule has 0 N–H and O–H groups in total. The van der Waals surface area contributed by atoms with Crippen molar-refractivity contribution in [1.29, 1.82) is 0 Å². The van der Waals surface area contributed by atoms with Gasteiger partial charge in [0.2, 0.25) is 0 Å². The molecule has 88 valence electrons. The Bertz CT molecular complexity index is 341. The average Bonchev–Trinajstić information content (AvgIpc) is 2.85. The lowest BCUT2D eigenvalue weighted by Gasteiger charge is -2.07. The third kappa shape index (κ3) is 3.95. The van der Waals surface area contributed by atoms with E-state index in [0.29, 0.717) is 9.83 Å². The van der Waals surface area contributed by atoms with Crippen molar-refractivity contribution in [1.82, 2.24) is 0 Å². The summed E-state index contributed by atoms with van der Waals surface area (Å²) in [5.74, 6) is 2.28. The Labute approximate surface area is 119 Å². The SMILES string of the molecule is CC(S)CSCC1=CSC(c2cccs2)S1. The van der Waals surface area contributed by atoms with E-state index in [1.807, 2.05) is 46.6 Å². The van der Waals surface area contributed by atoms with Gasteiger partial charge in [-0.05, 0) is 16.9 Å². The van der Waals surface area contributed by atoms with Crippen LogP contribution in [0.2, 0.25) is 0 Å². The van der Waals surface area contributed by atoms with Gasteiger partial charge in [0.1, 0.15) is 0 Å². The number of thiol groups is 1. The van der Waals surface area contributed by atoms with Gasteiger partial charge in [0, 0.05) is 26.5 Å². The van der Waals surface area contributed by atoms with Crippen molar-refractivity contribution in [3.8, 4) is 0 Å². The maximum Gasteiger partial charge on any atom is 0.0929 e. The van der Waals surface area contributed by atoms with Crippen LogP contribution in [-0.2, 0) is 0 Å². The van der Waals surface area contributed by atoms with E-state index in [-0.39, 0.29) is 0 Å². The van der Waals surface area contributed by atoms with Gasteiger partial charge in [0.15, 0.2) is 0 Å². The first-order valence-corrected chi connectivity index (χ1v) is 9.43. The monoisotopic (exact) mass is 306 g/mol. The third-order valence-electron chi connectivity index (χ3n) is 1.96. The lowest BCUT2D eigenvalue weighted by Crippen LogP contribution is -1.95. The van der Waals surface area contributed by atoms with Crippen molar-refractivity contribution >= 4 is 59.3 Å². The molecule has 0 aromatic carbocycles. The van der Waals surface area contributed by atoms with Crippen molar-refractivity contribution in [2.45, 2.75) is 16.8 Å². The largest absolute Gasteiger partial charge is 0.175 e. The molecule has 16 heavy (non-hydrogen) atoms. The smallest absolute Gasteiger partial charge is 0.0929 e. The summed E-state index contributed by atoms with van der Waals surface area (Å²) in [5, 5.41) is 4.98. The van der Waals surface area contributed by atoms with Crippen LogP contribution in [0.1, 0.15) is 16.4 Å². The van der Waals surface area contributed by atoms with Crippen molar-refractivity contribution in [3.63, 3.8) is 0 Å². The quantitative estimate of drug-likeness (QED) is 0.750. The van der Waals surface area contributed by atoms with E-state index in [9.17, 15) is 0 Å². The molecule has 1 aliphatic heterocycles. The van der Waals surface area contributed by atoms with Gasteiger partial charge in [-0.3, -0.25) is 0 Å². The summed E-state index contributed by atoms with van der Waals surface area (Å²) < 4.78 is 0.601. The number of hydrogen-bond donors (Lipinski definition) is 1. The molecule has 1 aromatic heterocycles. The molecular weight excluding hydrogens is 292 g/mol. The van der Waals surface area contributed by atoms with Gasteiger partial charge in [0.25, 0.3) is 0 Å². The molecule has 0 radical (unpaired) electrons.